The van der Waals surface area contributed by atoms with Gasteiger partial charge in [0.05, 0.1) is 10.1 Å². The van der Waals surface area contributed by atoms with Crippen molar-refractivity contribution in [2.75, 3.05) is 5.32 Å². The number of amides is 1. The van der Waals surface area contributed by atoms with Crippen molar-refractivity contribution in [3.63, 3.8) is 0 Å². The molecule has 2 heterocycles. The van der Waals surface area contributed by atoms with Gasteiger partial charge in [0.25, 0.3) is 0 Å². The molecule has 4 rings (SSSR count). The smallest absolute Gasteiger partial charge is 0.227 e. The van der Waals surface area contributed by atoms with E-state index in [9.17, 15) is 13.2 Å². The molecule has 0 bridgehead atoms. The van der Waals surface area contributed by atoms with Gasteiger partial charge in [0.1, 0.15) is 0 Å². The fraction of sp³-hybridized carbons (Fsp3) is 0.333. The first-order valence-corrected chi connectivity index (χ1v) is 11.4. The van der Waals surface area contributed by atoms with Crippen LogP contribution in [0.1, 0.15) is 38.0 Å². The second-order valence-corrected chi connectivity index (χ2v) is 9.51. The largest absolute Gasteiger partial charge is 0.339 e. The van der Waals surface area contributed by atoms with Crippen LogP contribution >= 0.6 is 0 Å². The van der Waals surface area contributed by atoms with Gasteiger partial charge >= 0.3 is 0 Å². The predicted molar refractivity (Wildman–Crippen MR) is 110 cm³/mol. The van der Waals surface area contributed by atoms with E-state index in [0.717, 1.165) is 31.2 Å². The highest BCUT2D eigenvalue weighted by atomic mass is 32.2. The van der Waals surface area contributed by atoms with Gasteiger partial charge in [-0.05, 0) is 49.2 Å². The number of aryl methyl sites for hydroxylation is 1. The molecule has 1 aliphatic rings. The zero-order chi connectivity index (χ0) is 21.0. The monoisotopic (exact) mass is 426 g/mol. The molecule has 0 radical (unpaired) electrons. The average Bonchev–Trinajstić information content (AvgIpc) is 3.46. The third-order valence-corrected chi connectivity index (χ3v) is 7.44. The molecule has 1 N–H and O–H groups in total. The van der Waals surface area contributed by atoms with Crippen LogP contribution in [0.5, 0.6) is 0 Å². The Kier molecular flexibility index (Phi) is 5.89. The van der Waals surface area contributed by atoms with Crippen LogP contribution in [0.4, 0.5) is 5.69 Å². The summed E-state index contributed by atoms with van der Waals surface area (Å²) in [4.78, 5) is 20.8. The number of anilines is 1. The lowest BCUT2D eigenvalue weighted by Crippen LogP contribution is -2.18. The Morgan fingerprint density at radius 1 is 1.13 bits per heavy atom. The van der Waals surface area contributed by atoms with Crippen LogP contribution in [-0.2, 0) is 21.1 Å². The molecule has 9 heteroatoms. The van der Waals surface area contributed by atoms with Gasteiger partial charge in [-0.2, -0.15) is 4.98 Å². The fourth-order valence-corrected chi connectivity index (χ4v) is 5.39. The minimum Gasteiger partial charge on any atom is -0.339 e. The molecule has 1 amide bonds. The van der Waals surface area contributed by atoms with Gasteiger partial charge in [0.2, 0.25) is 17.6 Å². The lowest BCUT2D eigenvalue weighted by Gasteiger charge is -2.12. The molecular formula is C21H22N4O4S. The summed E-state index contributed by atoms with van der Waals surface area (Å²) in [5.74, 6) is 0.571. The zero-order valence-electron chi connectivity index (χ0n) is 16.3. The Labute approximate surface area is 174 Å². The summed E-state index contributed by atoms with van der Waals surface area (Å²) in [5.41, 5.74) is 1.29. The summed E-state index contributed by atoms with van der Waals surface area (Å²) < 4.78 is 30.4. The number of nitrogens with zero attached hydrogens (tertiary/aromatic N) is 3. The maximum atomic E-state index is 12.6. The number of rotatable bonds is 7. The molecule has 0 unspecified atom stereocenters. The third-order valence-electron chi connectivity index (χ3n) is 5.16. The first-order valence-electron chi connectivity index (χ1n) is 9.89. The van der Waals surface area contributed by atoms with E-state index in [0.29, 0.717) is 28.7 Å². The molecule has 8 nitrogen and oxygen atoms in total. The first kappa shape index (κ1) is 20.2. The number of benzene rings is 1. The third kappa shape index (κ3) is 4.56. The summed E-state index contributed by atoms with van der Waals surface area (Å²) >= 11 is 0. The maximum absolute atomic E-state index is 12.6. The Hall–Kier alpha value is -3.07. The number of carbonyl (C=O) groups is 1. The molecule has 156 valence electrons. The van der Waals surface area contributed by atoms with E-state index < -0.39 is 9.84 Å². The average molecular weight is 426 g/mol. The Morgan fingerprint density at radius 2 is 1.90 bits per heavy atom. The lowest BCUT2D eigenvalue weighted by atomic mass is 10.2. The van der Waals surface area contributed by atoms with Crippen LogP contribution in [-0.4, -0.2) is 34.7 Å². The van der Waals surface area contributed by atoms with Crippen molar-refractivity contribution in [1.82, 2.24) is 15.1 Å². The first-order chi connectivity index (χ1) is 14.5. The highest BCUT2D eigenvalue weighted by Gasteiger charge is 2.30. The van der Waals surface area contributed by atoms with E-state index in [1.807, 2.05) is 6.07 Å². The van der Waals surface area contributed by atoms with Crippen molar-refractivity contribution in [1.29, 1.82) is 0 Å². The molecular weight excluding hydrogens is 404 g/mol. The molecule has 0 atom stereocenters. The van der Waals surface area contributed by atoms with Crippen LogP contribution in [0.3, 0.4) is 0 Å². The molecule has 3 aromatic rings. The second-order valence-electron chi connectivity index (χ2n) is 7.28. The number of pyridine rings is 1. The Morgan fingerprint density at radius 3 is 2.60 bits per heavy atom. The molecule has 0 spiro atoms. The summed E-state index contributed by atoms with van der Waals surface area (Å²) in [7, 11) is -3.30. The Balaban J connectivity index is 1.32. The standard InChI is InChI=1S/C21H22N4O4S/c26-19(11-12-20-24-21(25-29-20)15-4-3-13-22-14-15)23-16-7-9-18(10-8-16)30(27,28)17-5-1-2-6-17/h3-4,7-10,13-14,17H,1-2,5-6,11-12H2,(H,23,26). The van der Waals surface area contributed by atoms with Gasteiger partial charge in [-0.3, -0.25) is 9.78 Å². The van der Waals surface area contributed by atoms with E-state index in [4.69, 9.17) is 4.52 Å². The van der Waals surface area contributed by atoms with Crippen molar-refractivity contribution >= 4 is 21.4 Å². The predicted octanol–water partition coefficient (Wildman–Crippen LogP) is 3.42. The van der Waals surface area contributed by atoms with Crippen molar-refractivity contribution in [2.24, 2.45) is 0 Å². The normalized spacial score (nSPS) is 14.7. The molecule has 0 aliphatic heterocycles. The summed E-state index contributed by atoms with van der Waals surface area (Å²) in [6, 6.07) is 9.96. The topological polar surface area (TPSA) is 115 Å². The number of hydrogen-bond donors (Lipinski definition) is 1. The molecule has 1 saturated carbocycles. The molecule has 2 aromatic heterocycles. The maximum Gasteiger partial charge on any atom is 0.227 e. The van der Waals surface area contributed by atoms with Gasteiger partial charge in [-0.1, -0.05) is 18.0 Å². The minimum absolute atomic E-state index is 0.163. The highest BCUT2D eigenvalue weighted by Crippen LogP contribution is 2.30. The molecule has 0 saturated heterocycles. The van der Waals surface area contributed by atoms with Crippen molar-refractivity contribution in [3.8, 4) is 11.4 Å². The van der Waals surface area contributed by atoms with E-state index >= 15 is 0 Å². The SMILES string of the molecule is O=C(CCc1nc(-c2cccnc2)no1)Nc1ccc(S(=O)(=O)C2CCCC2)cc1. The van der Waals surface area contributed by atoms with E-state index in [1.165, 1.54) is 0 Å². The highest BCUT2D eigenvalue weighted by molar-refractivity contribution is 7.92. The summed E-state index contributed by atoms with van der Waals surface area (Å²) in [6.45, 7) is 0. The molecule has 1 aliphatic carbocycles. The fourth-order valence-electron chi connectivity index (χ4n) is 3.53. The van der Waals surface area contributed by atoms with Gasteiger partial charge in [-0.15, -0.1) is 0 Å². The number of nitrogens with one attached hydrogen (secondary N) is 1. The number of hydrogen-bond acceptors (Lipinski definition) is 7. The quantitative estimate of drug-likeness (QED) is 0.615. The van der Waals surface area contributed by atoms with Gasteiger partial charge < -0.3 is 9.84 Å². The van der Waals surface area contributed by atoms with Gasteiger partial charge in [0.15, 0.2) is 9.84 Å². The number of aromatic nitrogens is 3. The number of sulfone groups is 1. The van der Waals surface area contributed by atoms with Crippen LogP contribution in [0.25, 0.3) is 11.4 Å². The molecule has 1 aromatic carbocycles. The van der Waals surface area contributed by atoms with E-state index in [1.54, 1.807) is 42.7 Å². The van der Waals surface area contributed by atoms with Crippen LogP contribution in [0.15, 0.2) is 58.2 Å². The van der Waals surface area contributed by atoms with Crippen molar-refractivity contribution in [2.45, 2.75) is 48.7 Å². The minimum atomic E-state index is -3.30. The van der Waals surface area contributed by atoms with Crippen molar-refractivity contribution in [3.05, 3.63) is 54.7 Å². The van der Waals surface area contributed by atoms with Crippen LogP contribution in [0.2, 0.25) is 0 Å². The van der Waals surface area contributed by atoms with Gasteiger partial charge in [0, 0.05) is 36.5 Å². The van der Waals surface area contributed by atoms with Gasteiger partial charge in [-0.25, -0.2) is 8.42 Å². The number of carbonyl (C=O) groups excluding carboxylic acids is 1. The van der Waals surface area contributed by atoms with E-state index in [-0.39, 0.29) is 17.6 Å². The lowest BCUT2D eigenvalue weighted by molar-refractivity contribution is -0.116. The Bertz CT molecular complexity index is 1110. The second kappa shape index (κ2) is 8.74. The summed E-state index contributed by atoms with van der Waals surface area (Å²) in [5, 5.41) is 6.38. The van der Waals surface area contributed by atoms with Crippen LogP contribution < -0.4 is 5.32 Å². The zero-order valence-corrected chi connectivity index (χ0v) is 17.1. The molecule has 30 heavy (non-hydrogen) atoms. The molecule has 1 fully saturated rings. The van der Waals surface area contributed by atoms with E-state index in [2.05, 4.69) is 20.4 Å². The summed E-state index contributed by atoms with van der Waals surface area (Å²) in [6.07, 6.45) is 7.12. The van der Waals surface area contributed by atoms with Crippen molar-refractivity contribution < 1.29 is 17.7 Å². The van der Waals surface area contributed by atoms with Crippen LogP contribution in [0, 0.1) is 0 Å².